The summed E-state index contributed by atoms with van der Waals surface area (Å²) in [5, 5.41) is 3.32. The molecule has 0 aromatic carbocycles. The molecule has 0 bridgehead atoms. The first kappa shape index (κ1) is 13.2. The number of amides is 1. The Kier molecular flexibility index (Phi) is 5.00. The Balaban J connectivity index is 2.49. The summed E-state index contributed by atoms with van der Waals surface area (Å²) >= 11 is 0. The summed E-state index contributed by atoms with van der Waals surface area (Å²) in [6, 6.07) is 0.0167. The first-order chi connectivity index (χ1) is 7.54. The summed E-state index contributed by atoms with van der Waals surface area (Å²) < 4.78 is 0. The van der Waals surface area contributed by atoms with Gasteiger partial charge in [0.25, 0.3) is 0 Å². The summed E-state index contributed by atoms with van der Waals surface area (Å²) in [7, 11) is 1.86. The van der Waals surface area contributed by atoms with E-state index in [1.165, 1.54) is 12.8 Å². The van der Waals surface area contributed by atoms with E-state index < -0.39 is 0 Å². The third-order valence-electron chi connectivity index (χ3n) is 3.27. The van der Waals surface area contributed by atoms with Crippen LogP contribution in [-0.2, 0) is 4.79 Å². The standard InChI is InChI=1S/C13H24N2O/c1-5-11-6-7-14-12(8-11)13(16)15(4)9-10(2)3/h11-12,14H,2,5-9H2,1,3-4H3. The van der Waals surface area contributed by atoms with Gasteiger partial charge in [0.2, 0.25) is 5.91 Å². The maximum Gasteiger partial charge on any atom is 0.239 e. The molecule has 0 saturated carbocycles. The Labute approximate surface area is 98.9 Å². The Morgan fingerprint density at radius 2 is 2.25 bits per heavy atom. The highest BCUT2D eigenvalue weighted by Crippen LogP contribution is 2.20. The molecule has 0 aromatic heterocycles. The van der Waals surface area contributed by atoms with Gasteiger partial charge in [-0.05, 0) is 32.2 Å². The van der Waals surface area contributed by atoms with Gasteiger partial charge in [0.1, 0.15) is 0 Å². The number of hydrogen-bond acceptors (Lipinski definition) is 2. The Hall–Kier alpha value is -0.830. The molecule has 92 valence electrons. The topological polar surface area (TPSA) is 32.3 Å². The SMILES string of the molecule is C=C(C)CN(C)C(=O)C1CC(CC)CCN1. The number of likely N-dealkylation sites (N-methyl/N-ethyl adjacent to an activating group) is 1. The van der Waals surface area contributed by atoms with Crippen molar-refractivity contribution in [1.29, 1.82) is 0 Å². The van der Waals surface area contributed by atoms with Crippen molar-refractivity contribution in [2.75, 3.05) is 20.1 Å². The highest BCUT2D eigenvalue weighted by Gasteiger charge is 2.27. The molecule has 1 aliphatic rings. The van der Waals surface area contributed by atoms with Crippen molar-refractivity contribution in [3.05, 3.63) is 12.2 Å². The molecule has 0 aliphatic carbocycles. The molecule has 1 fully saturated rings. The van der Waals surface area contributed by atoms with E-state index in [9.17, 15) is 4.79 Å². The molecule has 1 heterocycles. The number of hydrogen-bond donors (Lipinski definition) is 1. The number of nitrogens with one attached hydrogen (secondary N) is 1. The molecule has 1 N–H and O–H groups in total. The normalized spacial score (nSPS) is 25.2. The maximum absolute atomic E-state index is 12.1. The van der Waals surface area contributed by atoms with E-state index in [1.54, 1.807) is 4.90 Å². The van der Waals surface area contributed by atoms with Gasteiger partial charge in [0, 0.05) is 13.6 Å². The average molecular weight is 224 g/mol. The minimum absolute atomic E-state index is 0.0167. The highest BCUT2D eigenvalue weighted by molar-refractivity contribution is 5.82. The number of rotatable bonds is 4. The van der Waals surface area contributed by atoms with Crippen molar-refractivity contribution in [1.82, 2.24) is 10.2 Å². The molecular formula is C13H24N2O. The molecule has 1 amide bonds. The number of carbonyl (C=O) groups excluding carboxylic acids is 1. The second-order valence-electron chi connectivity index (χ2n) is 4.96. The van der Waals surface area contributed by atoms with Gasteiger partial charge in [-0.2, -0.15) is 0 Å². The van der Waals surface area contributed by atoms with E-state index >= 15 is 0 Å². The van der Waals surface area contributed by atoms with Crippen molar-refractivity contribution in [2.24, 2.45) is 5.92 Å². The van der Waals surface area contributed by atoms with Crippen molar-refractivity contribution < 1.29 is 4.79 Å². The number of carbonyl (C=O) groups is 1. The second kappa shape index (κ2) is 6.04. The fourth-order valence-corrected chi connectivity index (χ4v) is 2.30. The average Bonchev–Trinajstić information content (AvgIpc) is 2.27. The van der Waals surface area contributed by atoms with E-state index in [0.29, 0.717) is 12.5 Å². The fourth-order valence-electron chi connectivity index (χ4n) is 2.30. The van der Waals surface area contributed by atoms with Gasteiger partial charge in [-0.3, -0.25) is 4.79 Å². The van der Waals surface area contributed by atoms with Crippen LogP contribution in [0, 0.1) is 5.92 Å². The quantitative estimate of drug-likeness (QED) is 0.739. The number of piperidine rings is 1. The lowest BCUT2D eigenvalue weighted by Crippen LogP contribution is -2.49. The van der Waals surface area contributed by atoms with Gasteiger partial charge in [-0.1, -0.05) is 25.5 Å². The van der Waals surface area contributed by atoms with Crippen LogP contribution >= 0.6 is 0 Å². The van der Waals surface area contributed by atoms with Crippen molar-refractivity contribution in [3.8, 4) is 0 Å². The van der Waals surface area contributed by atoms with Crippen molar-refractivity contribution in [3.63, 3.8) is 0 Å². The fraction of sp³-hybridized carbons (Fsp3) is 0.769. The first-order valence-corrected chi connectivity index (χ1v) is 6.17. The van der Waals surface area contributed by atoms with Crippen LogP contribution in [0.1, 0.15) is 33.1 Å². The summed E-state index contributed by atoms with van der Waals surface area (Å²) in [5.74, 6) is 0.912. The lowest BCUT2D eigenvalue weighted by Gasteiger charge is -2.31. The first-order valence-electron chi connectivity index (χ1n) is 6.17. The molecule has 16 heavy (non-hydrogen) atoms. The number of nitrogens with zero attached hydrogens (tertiary/aromatic N) is 1. The monoisotopic (exact) mass is 224 g/mol. The molecule has 2 atom stereocenters. The van der Waals surface area contributed by atoms with E-state index in [1.807, 2.05) is 14.0 Å². The van der Waals surface area contributed by atoms with Crippen LogP contribution in [-0.4, -0.2) is 37.0 Å². The zero-order valence-electron chi connectivity index (χ0n) is 10.8. The molecule has 0 spiro atoms. The predicted molar refractivity (Wildman–Crippen MR) is 67.3 cm³/mol. The third-order valence-corrected chi connectivity index (χ3v) is 3.27. The smallest absolute Gasteiger partial charge is 0.239 e. The van der Waals surface area contributed by atoms with Gasteiger partial charge < -0.3 is 10.2 Å². The molecule has 1 rings (SSSR count). The molecular weight excluding hydrogens is 200 g/mol. The van der Waals surface area contributed by atoms with E-state index in [0.717, 1.165) is 18.5 Å². The molecule has 0 radical (unpaired) electrons. The second-order valence-corrected chi connectivity index (χ2v) is 4.96. The van der Waals surface area contributed by atoms with Crippen LogP contribution in [0.5, 0.6) is 0 Å². The zero-order chi connectivity index (χ0) is 12.1. The van der Waals surface area contributed by atoms with Crippen LogP contribution in [0.2, 0.25) is 0 Å². The Morgan fingerprint density at radius 1 is 1.56 bits per heavy atom. The molecule has 3 nitrogen and oxygen atoms in total. The van der Waals surface area contributed by atoms with Crippen molar-refractivity contribution in [2.45, 2.75) is 39.2 Å². The molecule has 2 unspecified atom stereocenters. The third kappa shape index (κ3) is 3.63. The molecule has 0 aromatic rings. The van der Waals surface area contributed by atoms with Crippen molar-refractivity contribution >= 4 is 5.91 Å². The van der Waals surface area contributed by atoms with Crippen LogP contribution in [0.15, 0.2) is 12.2 Å². The summed E-state index contributed by atoms with van der Waals surface area (Å²) in [6.45, 7) is 9.62. The largest absolute Gasteiger partial charge is 0.340 e. The van der Waals surface area contributed by atoms with Gasteiger partial charge in [-0.25, -0.2) is 0 Å². The van der Waals surface area contributed by atoms with Crippen LogP contribution < -0.4 is 5.32 Å². The lowest BCUT2D eigenvalue weighted by molar-refractivity contribution is -0.132. The highest BCUT2D eigenvalue weighted by atomic mass is 16.2. The van der Waals surface area contributed by atoms with Gasteiger partial charge in [0.15, 0.2) is 0 Å². The Bertz CT molecular complexity index is 263. The van der Waals surface area contributed by atoms with Gasteiger partial charge >= 0.3 is 0 Å². The van der Waals surface area contributed by atoms with Crippen LogP contribution in [0.4, 0.5) is 0 Å². The van der Waals surface area contributed by atoms with Crippen LogP contribution in [0.25, 0.3) is 0 Å². The maximum atomic E-state index is 12.1. The summed E-state index contributed by atoms with van der Waals surface area (Å²) in [5.41, 5.74) is 1.03. The predicted octanol–water partition coefficient (Wildman–Crippen LogP) is 1.80. The Morgan fingerprint density at radius 3 is 2.81 bits per heavy atom. The summed E-state index contributed by atoms with van der Waals surface area (Å²) in [6.07, 6.45) is 3.36. The van der Waals surface area contributed by atoms with E-state index in [4.69, 9.17) is 0 Å². The lowest BCUT2D eigenvalue weighted by atomic mass is 9.90. The van der Waals surface area contributed by atoms with Gasteiger partial charge in [0.05, 0.1) is 6.04 Å². The molecule has 1 aliphatic heterocycles. The molecule has 3 heteroatoms. The van der Waals surface area contributed by atoms with E-state index in [2.05, 4.69) is 18.8 Å². The minimum atomic E-state index is 0.0167. The van der Waals surface area contributed by atoms with Crippen LogP contribution in [0.3, 0.4) is 0 Å². The minimum Gasteiger partial charge on any atom is -0.340 e. The zero-order valence-corrected chi connectivity index (χ0v) is 10.8. The van der Waals surface area contributed by atoms with E-state index in [-0.39, 0.29) is 11.9 Å². The molecule has 1 saturated heterocycles. The summed E-state index contributed by atoms with van der Waals surface area (Å²) in [4.78, 5) is 13.9. The van der Waals surface area contributed by atoms with Gasteiger partial charge in [-0.15, -0.1) is 0 Å².